The van der Waals surface area contributed by atoms with Gasteiger partial charge in [-0.15, -0.1) is 0 Å². The molecule has 236 valence electrons. The molecule has 1 heterocycles. The average molecular weight is 633 g/mol. The van der Waals surface area contributed by atoms with Gasteiger partial charge in [-0.05, 0) is 72.7 Å². The second-order valence-corrected chi connectivity index (χ2v) is 13.1. The second-order valence-electron chi connectivity index (χ2n) is 10.9. The Morgan fingerprint density at radius 1 is 1.02 bits per heavy atom. The molecule has 0 radical (unpaired) electrons. The second kappa shape index (κ2) is 14.0. The molecule has 1 atom stereocenters. The molecule has 3 N–H and O–H groups in total. The van der Waals surface area contributed by atoms with Crippen molar-refractivity contribution in [3.8, 4) is 0 Å². The van der Waals surface area contributed by atoms with Crippen LogP contribution in [0.25, 0.3) is 10.8 Å². The number of ether oxygens (including phenoxy) is 2. The van der Waals surface area contributed by atoms with Crippen LogP contribution in [0.4, 0.5) is 16.2 Å². The number of aromatic nitrogens is 1. The Hall–Kier alpha value is -4.68. The number of H-pyrrole nitrogens is 1. The Kier molecular flexibility index (Phi) is 9.84. The summed E-state index contributed by atoms with van der Waals surface area (Å²) in [7, 11) is -2.02. The lowest BCUT2D eigenvalue weighted by Gasteiger charge is -2.21. The smallest absolute Gasteiger partial charge is 0.411 e. The molecular weight excluding hydrogens is 596 g/mol. The van der Waals surface area contributed by atoms with Crippen LogP contribution in [0.1, 0.15) is 37.0 Å². The van der Waals surface area contributed by atoms with E-state index in [2.05, 4.69) is 15.6 Å². The van der Waals surface area contributed by atoms with E-state index >= 15 is 0 Å². The molecule has 0 unspecified atom stereocenters. The van der Waals surface area contributed by atoms with Gasteiger partial charge in [0.25, 0.3) is 5.56 Å². The molecule has 1 aromatic heterocycles. The quantitative estimate of drug-likeness (QED) is 0.189. The summed E-state index contributed by atoms with van der Waals surface area (Å²) in [5.41, 5.74) is 1.95. The van der Waals surface area contributed by atoms with Crippen molar-refractivity contribution >= 4 is 44.0 Å². The minimum atomic E-state index is -3.60. The Bertz CT molecular complexity index is 1840. The zero-order valence-electron chi connectivity index (χ0n) is 25.1. The van der Waals surface area contributed by atoms with Gasteiger partial charge in [0.2, 0.25) is 5.91 Å². The molecule has 0 bridgehead atoms. The van der Waals surface area contributed by atoms with Gasteiger partial charge < -0.3 is 24.7 Å². The van der Waals surface area contributed by atoms with Crippen LogP contribution in [0.3, 0.4) is 0 Å². The van der Waals surface area contributed by atoms with Crippen molar-refractivity contribution in [3.05, 3.63) is 100 Å². The van der Waals surface area contributed by atoms with E-state index in [0.29, 0.717) is 41.8 Å². The number of nitrogens with one attached hydrogen (secondary N) is 3. The first-order chi connectivity index (χ1) is 21.7. The largest absolute Gasteiger partial charge is 0.446 e. The third kappa shape index (κ3) is 7.89. The molecule has 1 aliphatic rings. The number of amides is 2. The summed E-state index contributed by atoms with van der Waals surface area (Å²) in [4.78, 5) is 42.1. The lowest BCUT2D eigenvalue weighted by Crippen LogP contribution is -2.32. The van der Waals surface area contributed by atoms with E-state index in [4.69, 9.17) is 9.47 Å². The molecular formula is C33H36N4O7S. The first-order valence-corrected chi connectivity index (χ1v) is 16.3. The average Bonchev–Trinajstić information content (AvgIpc) is 3.89. The van der Waals surface area contributed by atoms with E-state index in [1.165, 1.54) is 17.0 Å². The standard InChI is InChI=1S/C33H36N4O7S/c1-3-43-29(23-7-5-4-6-8-23)21-44-33(40)36-26-11-14-30(45(41,42)27-12-13-27)24(17-26)20-37(2)31(38)19-35-25-10-9-22-15-16-34-32(39)28(22)18-25/h4-11,14-18,27,29,35H,3,12-13,19-21H2,1-2H3,(H,34,39)(H,36,40)/t29-/m0/s1. The normalized spacial score (nSPS) is 13.6. The van der Waals surface area contributed by atoms with Gasteiger partial charge in [0.1, 0.15) is 12.7 Å². The minimum Gasteiger partial charge on any atom is -0.446 e. The summed E-state index contributed by atoms with van der Waals surface area (Å²) in [6, 6.07) is 21.0. The maximum absolute atomic E-state index is 13.2. The van der Waals surface area contributed by atoms with Gasteiger partial charge in [-0.25, -0.2) is 13.2 Å². The van der Waals surface area contributed by atoms with Crippen LogP contribution in [-0.4, -0.2) is 62.4 Å². The molecule has 45 heavy (non-hydrogen) atoms. The van der Waals surface area contributed by atoms with E-state index in [1.54, 1.807) is 43.6 Å². The van der Waals surface area contributed by atoms with Crippen LogP contribution < -0.4 is 16.2 Å². The number of nitrogens with zero attached hydrogens (tertiary/aromatic N) is 1. The van der Waals surface area contributed by atoms with Crippen molar-refractivity contribution < 1.29 is 27.5 Å². The lowest BCUT2D eigenvalue weighted by atomic mass is 10.1. The van der Waals surface area contributed by atoms with Gasteiger partial charge in [0, 0.05) is 43.2 Å². The Morgan fingerprint density at radius 3 is 2.51 bits per heavy atom. The number of hydrogen-bond donors (Lipinski definition) is 3. The SMILES string of the molecule is CCO[C@@H](COC(=O)Nc1ccc(S(=O)(=O)C2CC2)c(CN(C)C(=O)CNc2ccc3cc[nH]c(=O)c3c2)c1)c1ccccc1. The summed E-state index contributed by atoms with van der Waals surface area (Å²) < 4.78 is 37.7. The van der Waals surface area contributed by atoms with E-state index in [9.17, 15) is 22.8 Å². The minimum absolute atomic E-state index is 0.00975. The van der Waals surface area contributed by atoms with Crippen molar-refractivity contribution in [1.29, 1.82) is 0 Å². The van der Waals surface area contributed by atoms with E-state index in [-0.39, 0.29) is 36.1 Å². The van der Waals surface area contributed by atoms with E-state index < -0.39 is 27.3 Å². The molecule has 2 amide bonds. The third-order valence-corrected chi connectivity index (χ3v) is 9.89. The molecule has 1 saturated carbocycles. The zero-order chi connectivity index (χ0) is 32.0. The van der Waals surface area contributed by atoms with Gasteiger partial charge in [-0.2, -0.15) is 0 Å². The number of sulfone groups is 1. The number of pyridine rings is 1. The summed E-state index contributed by atoms with van der Waals surface area (Å²) in [5, 5.41) is 6.53. The highest BCUT2D eigenvalue weighted by molar-refractivity contribution is 7.92. The molecule has 3 aromatic carbocycles. The number of rotatable bonds is 13. The monoisotopic (exact) mass is 632 g/mol. The number of carbonyl (C=O) groups excluding carboxylic acids is 2. The summed E-state index contributed by atoms with van der Waals surface area (Å²) in [6.45, 7) is 2.20. The summed E-state index contributed by atoms with van der Waals surface area (Å²) >= 11 is 0. The predicted molar refractivity (Wildman–Crippen MR) is 172 cm³/mol. The number of fused-ring (bicyclic) bond motifs is 1. The fourth-order valence-corrected chi connectivity index (χ4v) is 6.84. The van der Waals surface area contributed by atoms with Gasteiger partial charge in [-0.3, -0.25) is 14.9 Å². The number of hydrogen-bond acceptors (Lipinski definition) is 8. The Morgan fingerprint density at radius 2 is 1.78 bits per heavy atom. The maximum Gasteiger partial charge on any atom is 0.411 e. The highest BCUT2D eigenvalue weighted by Crippen LogP contribution is 2.36. The van der Waals surface area contributed by atoms with Crippen LogP contribution in [0.15, 0.2) is 88.7 Å². The topological polar surface area (TPSA) is 147 Å². The predicted octanol–water partition coefficient (Wildman–Crippen LogP) is 4.86. The highest BCUT2D eigenvalue weighted by atomic mass is 32.2. The van der Waals surface area contributed by atoms with Crippen molar-refractivity contribution in [2.24, 2.45) is 0 Å². The summed E-state index contributed by atoms with van der Waals surface area (Å²) in [6.07, 6.45) is 1.59. The van der Waals surface area contributed by atoms with Gasteiger partial charge in [0.05, 0.1) is 16.7 Å². The van der Waals surface area contributed by atoms with Crippen LogP contribution in [0.2, 0.25) is 0 Å². The Balaban J connectivity index is 1.26. The molecule has 11 nitrogen and oxygen atoms in total. The molecule has 1 aliphatic carbocycles. The van der Waals surface area contributed by atoms with Crippen LogP contribution >= 0.6 is 0 Å². The van der Waals surface area contributed by atoms with Crippen LogP contribution in [0.5, 0.6) is 0 Å². The molecule has 0 saturated heterocycles. The fraction of sp³-hybridized carbons (Fsp3) is 0.303. The van der Waals surface area contributed by atoms with Crippen LogP contribution in [0, 0.1) is 0 Å². The number of carbonyl (C=O) groups is 2. The maximum atomic E-state index is 13.2. The van der Waals surface area contributed by atoms with Crippen molar-refractivity contribution in [3.63, 3.8) is 0 Å². The lowest BCUT2D eigenvalue weighted by molar-refractivity contribution is -0.128. The molecule has 4 aromatic rings. The first-order valence-electron chi connectivity index (χ1n) is 14.7. The number of likely N-dealkylation sites (N-methyl/N-ethyl adjacent to an activating group) is 1. The van der Waals surface area contributed by atoms with Crippen molar-refractivity contribution in [1.82, 2.24) is 9.88 Å². The molecule has 5 rings (SSSR count). The number of aromatic amines is 1. The molecule has 0 spiro atoms. The van der Waals surface area contributed by atoms with E-state index in [1.807, 2.05) is 37.3 Å². The number of benzene rings is 3. The van der Waals surface area contributed by atoms with Crippen molar-refractivity contribution in [2.75, 3.05) is 37.4 Å². The number of anilines is 2. The molecule has 0 aliphatic heterocycles. The first kappa shape index (κ1) is 31.7. The molecule has 1 fully saturated rings. The van der Waals surface area contributed by atoms with Crippen molar-refractivity contribution in [2.45, 2.75) is 42.6 Å². The van der Waals surface area contributed by atoms with Crippen LogP contribution in [-0.2, 0) is 30.7 Å². The van der Waals surface area contributed by atoms with Gasteiger partial charge >= 0.3 is 6.09 Å². The zero-order valence-corrected chi connectivity index (χ0v) is 25.9. The molecule has 12 heteroatoms. The third-order valence-electron chi connectivity index (χ3n) is 7.53. The van der Waals surface area contributed by atoms with Gasteiger partial charge in [0.15, 0.2) is 9.84 Å². The fourth-order valence-electron chi connectivity index (χ4n) is 4.98. The van der Waals surface area contributed by atoms with E-state index in [0.717, 1.165) is 10.9 Å². The van der Waals surface area contributed by atoms with Gasteiger partial charge in [-0.1, -0.05) is 36.4 Å². The Labute approximate surface area is 261 Å². The summed E-state index contributed by atoms with van der Waals surface area (Å²) in [5.74, 6) is -0.299. The highest BCUT2D eigenvalue weighted by Gasteiger charge is 2.38.